The summed E-state index contributed by atoms with van der Waals surface area (Å²) in [6.45, 7) is 3.95. The Kier molecular flexibility index (Phi) is 3.71. The summed E-state index contributed by atoms with van der Waals surface area (Å²) in [5.74, 6) is 0.167. The van der Waals surface area contributed by atoms with Crippen LogP contribution in [0.3, 0.4) is 0 Å². The van der Waals surface area contributed by atoms with Crippen molar-refractivity contribution in [2.45, 2.75) is 18.7 Å². The molecule has 0 radical (unpaired) electrons. The summed E-state index contributed by atoms with van der Waals surface area (Å²) in [6, 6.07) is 6.06. The molecule has 0 saturated heterocycles. The molecule has 0 aromatic heterocycles. The zero-order chi connectivity index (χ0) is 11.5. The maximum atomic E-state index is 11.6. The molecule has 1 aromatic rings. The van der Waals surface area contributed by atoms with Crippen LogP contribution in [0, 0.1) is 5.92 Å². The van der Waals surface area contributed by atoms with Crippen LogP contribution in [0.2, 0.25) is 0 Å². The van der Waals surface area contributed by atoms with Crippen molar-refractivity contribution in [1.29, 1.82) is 0 Å². The van der Waals surface area contributed by atoms with Gasteiger partial charge in [-0.3, -0.25) is 4.18 Å². The Hall–Kier alpha value is -1.07. The van der Waals surface area contributed by atoms with Gasteiger partial charge in [-0.2, -0.15) is 8.42 Å². The third kappa shape index (κ3) is 3.53. The predicted octanol–water partition coefficient (Wildman–Crippen LogP) is 1.63. The first-order chi connectivity index (χ1) is 6.92. The van der Waals surface area contributed by atoms with Crippen molar-refractivity contribution < 1.29 is 12.6 Å². The average molecular weight is 229 g/mol. The van der Waals surface area contributed by atoms with Crippen molar-refractivity contribution in [3.8, 4) is 0 Å². The van der Waals surface area contributed by atoms with Crippen LogP contribution in [0.4, 0.5) is 5.69 Å². The molecule has 0 amide bonds. The summed E-state index contributed by atoms with van der Waals surface area (Å²) in [5.41, 5.74) is 5.90. The summed E-state index contributed by atoms with van der Waals surface area (Å²) in [7, 11) is -3.66. The SMILES string of the molecule is CC(C)COS(=O)(=O)c1cccc(N)c1. The summed E-state index contributed by atoms with van der Waals surface area (Å²) in [6.07, 6.45) is 0. The molecule has 2 N–H and O–H groups in total. The molecule has 0 unspecified atom stereocenters. The number of rotatable bonds is 4. The molecule has 1 aromatic carbocycles. The van der Waals surface area contributed by atoms with E-state index < -0.39 is 10.1 Å². The molecule has 15 heavy (non-hydrogen) atoms. The van der Waals surface area contributed by atoms with Crippen LogP contribution in [0.25, 0.3) is 0 Å². The molecular weight excluding hydrogens is 214 g/mol. The maximum Gasteiger partial charge on any atom is 0.297 e. The lowest BCUT2D eigenvalue weighted by molar-refractivity contribution is 0.275. The molecular formula is C10H15NO3S. The molecule has 0 atom stereocenters. The van der Waals surface area contributed by atoms with Crippen LogP contribution in [0.1, 0.15) is 13.8 Å². The van der Waals surface area contributed by atoms with Gasteiger partial charge in [0.1, 0.15) is 0 Å². The van der Waals surface area contributed by atoms with E-state index in [2.05, 4.69) is 0 Å². The molecule has 0 heterocycles. The maximum absolute atomic E-state index is 11.6. The smallest absolute Gasteiger partial charge is 0.297 e. The van der Waals surface area contributed by atoms with E-state index >= 15 is 0 Å². The van der Waals surface area contributed by atoms with Crippen LogP contribution < -0.4 is 5.73 Å². The minimum Gasteiger partial charge on any atom is -0.399 e. The Morgan fingerprint density at radius 3 is 2.60 bits per heavy atom. The molecule has 1 rings (SSSR count). The second kappa shape index (κ2) is 4.63. The van der Waals surface area contributed by atoms with E-state index in [1.807, 2.05) is 13.8 Å². The number of nitrogen functional groups attached to an aromatic ring is 1. The van der Waals surface area contributed by atoms with Crippen molar-refractivity contribution in [3.05, 3.63) is 24.3 Å². The second-order valence-electron chi connectivity index (χ2n) is 3.70. The van der Waals surface area contributed by atoms with Gasteiger partial charge in [0, 0.05) is 5.69 Å². The Labute approximate surface area is 90.2 Å². The van der Waals surface area contributed by atoms with Crippen molar-refractivity contribution in [3.63, 3.8) is 0 Å². The lowest BCUT2D eigenvalue weighted by Crippen LogP contribution is -2.11. The third-order valence-electron chi connectivity index (χ3n) is 1.70. The Balaban J connectivity index is 2.87. The van der Waals surface area contributed by atoms with E-state index in [9.17, 15) is 8.42 Å². The highest BCUT2D eigenvalue weighted by molar-refractivity contribution is 7.86. The molecule has 5 heteroatoms. The average Bonchev–Trinajstić information content (AvgIpc) is 2.15. The van der Waals surface area contributed by atoms with Gasteiger partial charge in [0.25, 0.3) is 10.1 Å². The van der Waals surface area contributed by atoms with Crippen LogP contribution in [-0.4, -0.2) is 15.0 Å². The molecule has 0 bridgehead atoms. The van der Waals surface area contributed by atoms with Gasteiger partial charge in [-0.25, -0.2) is 0 Å². The monoisotopic (exact) mass is 229 g/mol. The molecule has 0 aliphatic rings. The van der Waals surface area contributed by atoms with Gasteiger partial charge in [0.2, 0.25) is 0 Å². The Bertz CT molecular complexity index is 426. The number of nitrogens with two attached hydrogens (primary N) is 1. The van der Waals surface area contributed by atoms with Gasteiger partial charge >= 0.3 is 0 Å². The molecule has 0 spiro atoms. The summed E-state index contributed by atoms with van der Waals surface area (Å²) >= 11 is 0. The fourth-order valence-corrected chi connectivity index (χ4v) is 2.08. The topological polar surface area (TPSA) is 69.4 Å². The van der Waals surface area contributed by atoms with Crippen LogP contribution >= 0.6 is 0 Å². The number of hydrogen-bond acceptors (Lipinski definition) is 4. The van der Waals surface area contributed by atoms with Crippen LogP contribution in [0.15, 0.2) is 29.2 Å². The molecule has 0 aliphatic carbocycles. The van der Waals surface area contributed by atoms with Gasteiger partial charge in [-0.05, 0) is 24.1 Å². The van der Waals surface area contributed by atoms with Crippen LogP contribution in [-0.2, 0) is 14.3 Å². The van der Waals surface area contributed by atoms with Crippen molar-refractivity contribution in [1.82, 2.24) is 0 Å². The fourth-order valence-electron chi connectivity index (χ4n) is 0.964. The number of hydrogen-bond donors (Lipinski definition) is 1. The van der Waals surface area contributed by atoms with Crippen molar-refractivity contribution in [2.75, 3.05) is 12.3 Å². The highest BCUT2D eigenvalue weighted by atomic mass is 32.2. The highest BCUT2D eigenvalue weighted by Crippen LogP contribution is 2.15. The first kappa shape index (κ1) is 12.0. The number of anilines is 1. The third-order valence-corrected chi connectivity index (χ3v) is 2.98. The zero-order valence-electron chi connectivity index (χ0n) is 8.80. The van der Waals surface area contributed by atoms with E-state index in [0.29, 0.717) is 5.69 Å². The minimum atomic E-state index is -3.66. The van der Waals surface area contributed by atoms with Gasteiger partial charge in [0.15, 0.2) is 0 Å². The number of benzene rings is 1. The molecule has 4 nitrogen and oxygen atoms in total. The van der Waals surface area contributed by atoms with Gasteiger partial charge in [-0.15, -0.1) is 0 Å². The van der Waals surface area contributed by atoms with Crippen molar-refractivity contribution >= 4 is 15.8 Å². The quantitative estimate of drug-likeness (QED) is 0.629. The normalized spacial score (nSPS) is 11.9. The van der Waals surface area contributed by atoms with E-state index in [4.69, 9.17) is 9.92 Å². The minimum absolute atomic E-state index is 0.100. The molecule has 0 saturated carbocycles. The summed E-state index contributed by atoms with van der Waals surface area (Å²) in [5, 5.41) is 0. The predicted molar refractivity (Wildman–Crippen MR) is 58.8 cm³/mol. The van der Waals surface area contributed by atoms with Gasteiger partial charge in [-0.1, -0.05) is 19.9 Å². The summed E-state index contributed by atoms with van der Waals surface area (Å²) < 4.78 is 28.1. The Morgan fingerprint density at radius 1 is 1.40 bits per heavy atom. The van der Waals surface area contributed by atoms with E-state index in [1.165, 1.54) is 12.1 Å². The zero-order valence-corrected chi connectivity index (χ0v) is 9.62. The highest BCUT2D eigenvalue weighted by Gasteiger charge is 2.15. The lowest BCUT2D eigenvalue weighted by atomic mass is 10.2. The molecule has 0 aliphatic heterocycles. The fraction of sp³-hybridized carbons (Fsp3) is 0.400. The second-order valence-corrected chi connectivity index (χ2v) is 5.32. The van der Waals surface area contributed by atoms with E-state index in [1.54, 1.807) is 12.1 Å². The first-order valence-corrected chi connectivity index (χ1v) is 6.07. The van der Waals surface area contributed by atoms with Gasteiger partial charge < -0.3 is 5.73 Å². The lowest BCUT2D eigenvalue weighted by Gasteiger charge is -2.07. The Morgan fingerprint density at radius 2 is 2.07 bits per heavy atom. The standard InChI is InChI=1S/C10H15NO3S/c1-8(2)7-14-15(12,13)10-5-3-4-9(11)6-10/h3-6,8H,7,11H2,1-2H3. The van der Waals surface area contributed by atoms with E-state index in [-0.39, 0.29) is 17.4 Å². The largest absolute Gasteiger partial charge is 0.399 e. The van der Waals surface area contributed by atoms with E-state index in [0.717, 1.165) is 0 Å². The van der Waals surface area contributed by atoms with Crippen LogP contribution in [0.5, 0.6) is 0 Å². The van der Waals surface area contributed by atoms with Gasteiger partial charge in [0.05, 0.1) is 11.5 Å². The molecule has 0 fully saturated rings. The summed E-state index contributed by atoms with van der Waals surface area (Å²) in [4.78, 5) is 0.100. The molecule has 84 valence electrons. The van der Waals surface area contributed by atoms with Crippen molar-refractivity contribution in [2.24, 2.45) is 5.92 Å². The first-order valence-electron chi connectivity index (χ1n) is 4.67.